The average molecular weight is 432 g/mol. The van der Waals surface area contributed by atoms with Crippen molar-refractivity contribution in [3.05, 3.63) is 0 Å². The maximum Gasteiger partial charge on any atom is 0.315 e. The number of hydrogen-bond acceptors (Lipinski definition) is 6. The van der Waals surface area contributed by atoms with E-state index >= 15 is 0 Å². The number of unbranched alkanes of at least 4 members (excludes halogenated alkanes) is 1. The summed E-state index contributed by atoms with van der Waals surface area (Å²) >= 11 is 1.92. The molecule has 2 heterocycles. The van der Waals surface area contributed by atoms with Crippen LogP contribution in [0.1, 0.15) is 45.4 Å². The standard InChI is InChI=1S/C20H37N3O5S/c1-2-9-26-11-13-28-14-12-27-10-5-8-21-18(24)7-4-3-6-17-19-16(15-29-17)22-20(25)23-19/h16-17,19H,2-15H2,1H3,(H,21,24)(H2,22,23,25)/t16-,17-,19-/m0/s1. The molecule has 2 saturated heterocycles. The van der Waals surface area contributed by atoms with E-state index in [1.165, 1.54) is 0 Å². The summed E-state index contributed by atoms with van der Waals surface area (Å²) in [6.45, 7) is 6.50. The van der Waals surface area contributed by atoms with Crippen LogP contribution in [-0.2, 0) is 19.0 Å². The summed E-state index contributed by atoms with van der Waals surface area (Å²) < 4.78 is 16.2. The van der Waals surface area contributed by atoms with Crippen molar-refractivity contribution in [2.75, 3.05) is 51.9 Å². The minimum absolute atomic E-state index is 0.0433. The van der Waals surface area contributed by atoms with Crippen LogP contribution < -0.4 is 16.0 Å². The highest BCUT2D eigenvalue weighted by atomic mass is 32.2. The second-order valence-electron chi connectivity index (χ2n) is 7.41. The molecule has 0 aromatic rings. The third-order valence-electron chi connectivity index (χ3n) is 4.96. The molecule has 2 aliphatic heterocycles. The Morgan fingerprint density at radius 2 is 1.76 bits per heavy atom. The van der Waals surface area contributed by atoms with Gasteiger partial charge < -0.3 is 30.2 Å². The lowest BCUT2D eigenvalue weighted by atomic mass is 10.0. The monoisotopic (exact) mass is 431 g/mol. The summed E-state index contributed by atoms with van der Waals surface area (Å²) in [6, 6.07) is 0.480. The fourth-order valence-electron chi connectivity index (χ4n) is 3.45. The zero-order valence-corrected chi connectivity index (χ0v) is 18.4. The molecule has 0 radical (unpaired) electrons. The van der Waals surface area contributed by atoms with E-state index in [-0.39, 0.29) is 24.0 Å². The normalized spacial score (nSPS) is 22.9. The van der Waals surface area contributed by atoms with Gasteiger partial charge in [-0.1, -0.05) is 13.3 Å². The molecule has 29 heavy (non-hydrogen) atoms. The van der Waals surface area contributed by atoms with E-state index in [2.05, 4.69) is 22.9 Å². The second-order valence-corrected chi connectivity index (χ2v) is 8.68. The number of amides is 3. The molecule has 0 aliphatic carbocycles. The minimum Gasteiger partial charge on any atom is -0.379 e. The van der Waals surface area contributed by atoms with Gasteiger partial charge >= 0.3 is 6.03 Å². The Bertz CT molecular complexity index is 483. The maximum atomic E-state index is 11.9. The fourth-order valence-corrected chi connectivity index (χ4v) is 4.99. The molecule has 8 nitrogen and oxygen atoms in total. The number of hydrogen-bond donors (Lipinski definition) is 3. The Labute approximate surface area is 178 Å². The van der Waals surface area contributed by atoms with E-state index in [0.29, 0.717) is 51.2 Å². The lowest BCUT2D eigenvalue weighted by Gasteiger charge is -2.16. The van der Waals surface area contributed by atoms with Crippen LogP contribution in [0, 0.1) is 0 Å². The number of carbonyl (C=O) groups is 2. The van der Waals surface area contributed by atoms with Gasteiger partial charge in [0.25, 0.3) is 0 Å². The SMILES string of the molecule is CCCOCCOCCOCCCNC(=O)CCCC[C@@H]1SC[C@@H]2NC(=O)N[C@@H]21. The van der Waals surface area contributed by atoms with Crippen molar-refractivity contribution in [3.63, 3.8) is 0 Å². The molecule has 0 aromatic carbocycles. The van der Waals surface area contributed by atoms with Gasteiger partial charge in [-0.3, -0.25) is 4.79 Å². The zero-order valence-electron chi connectivity index (χ0n) is 17.6. The van der Waals surface area contributed by atoms with Gasteiger partial charge in [0.1, 0.15) is 0 Å². The topological polar surface area (TPSA) is 97.9 Å². The van der Waals surface area contributed by atoms with Gasteiger partial charge in [-0.2, -0.15) is 11.8 Å². The third kappa shape index (κ3) is 10.0. The predicted octanol–water partition coefficient (Wildman–Crippen LogP) is 1.68. The lowest BCUT2D eigenvalue weighted by molar-refractivity contribution is -0.121. The summed E-state index contributed by atoms with van der Waals surface area (Å²) in [5.41, 5.74) is 0. The second kappa shape index (κ2) is 14.9. The number of nitrogens with one attached hydrogen (secondary N) is 3. The van der Waals surface area contributed by atoms with Crippen LogP contribution in [0.25, 0.3) is 0 Å². The number of rotatable bonds is 17. The Kier molecular flexibility index (Phi) is 12.4. The molecular weight excluding hydrogens is 394 g/mol. The first-order valence-corrected chi connectivity index (χ1v) is 11.9. The molecule has 0 saturated carbocycles. The summed E-state index contributed by atoms with van der Waals surface area (Å²) in [6.07, 6.45) is 5.33. The van der Waals surface area contributed by atoms with Gasteiger partial charge in [0, 0.05) is 37.2 Å². The van der Waals surface area contributed by atoms with E-state index in [1.807, 2.05) is 11.8 Å². The van der Waals surface area contributed by atoms with Gasteiger partial charge in [-0.05, 0) is 25.7 Å². The van der Waals surface area contributed by atoms with E-state index in [0.717, 1.165) is 44.5 Å². The smallest absolute Gasteiger partial charge is 0.315 e. The van der Waals surface area contributed by atoms with E-state index in [9.17, 15) is 9.59 Å². The maximum absolute atomic E-state index is 11.9. The van der Waals surface area contributed by atoms with Crippen LogP contribution in [0.2, 0.25) is 0 Å². The van der Waals surface area contributed by atoms with Crippen molar-refractivity contribution >= 4 is 23.7 Å². The molecule has 168 valence electrons. The lowest BCUT2D eigenvalue weighted by Crippen LogP contribution is -2.36. The van der Waals surface area contributed by atoms with E-state index < -0.39 is 0 Å². The van der Waals surface area contributed by atoms with Crippen LogP contribution in [0.3, 0.4) is 0 Å². The van der Waals surface area contributed by atoms with Crippen LogP contribution >= 0.6 is 11.8 Å². The van der Waals surface area contributed by atoms with E-state index in [1.54, 1.807) is 0 Å². The van der Waals surface area contributed by atoms with Crippen molar-refractivity contribution in [1.82, 2.24) is 16.0 Å². The highest BCUT2D eigenvalue weighted by molar-refractivity contribution is 8.00. The average Bonchev–Trinajstić information content (AvgIpc) is 3.25. The van der Waals surface area contributed by atoms with Gasteiger partial charge in [0.15, 0.2) is 0 Å². The molecule has 2 aliphatic rings. The molecular formula is C20H37N3O5S. The summed E-state index contributed by atoms with van der Waals surface area (Å²) in [7, 11) is 0. The predicted molar refractivity (Wildman–Crippen MR) is 114 cm³/mol. The van der Waals surface area contributed by atoms with Gasteiger partial charge in [0.2, 0.25) is 5.91 Å². The molecule has 0 aromatic heterocycles. The van der Waals surface area contributed by atoms with Crippen molar-refractivity contribution in [3.8, 4) is 0 Å². The summed E-state index contributed by atoms with van der Waals surface area (Å²) in [4.78, 5) is 23.3. The van der Waals surface area contributed by atoms with Gasteiger partial charge in [0.05, 0.1) is 38.5 Å². The molecule has 2 rings (SSSR count). The Morgan fingerprint density at radius 3 is 2.52 bits per heavy atom. The van der Waals surface area contributed by atoms with Crippen molar-refractivity contribution in [2.24, 2.45) is 0 Å². The highest BCUT2D eigenvalue weighted by Crippen LogP contribution is 2.33. The van der Waals surface area contributed by atoms with Crippen LogP contribution in [0.4, 0.5) is 4.79 Å². The first kappa shape index (κ1) is 24.2. The van der Waals surface area contributed by atoms with Crippen LogP contribution in [0.15, 0.2) is 0 Å². The number of urea groups is 1. The number of fused-ring (bicyclic) bond motifs is 1. The zero-order chi connectivity index (χ0) is 20.7. The van der Waals surface area contributed by atoms with Crippen molar-refractivity contribution in [1.29, 1.82) is 0 Å². The third-order valence-corrected chi connectivity index (χ3v) is 6.47. The molecule has 3 amide bonds. The van der Waals surface area contributed by atoms with Crippen molar-refractivity contribution < 1.29 is 23.8 Å². The fraction of sp³-hybridized carbons (Fsp3) is 0.900. The quantitative estimate of drug-likeness (QED) is 0.239. The summed E-state index contributed by atoms with van der Waals surface area (Å²) in [5, 5.41) is 9.37. The first-order chi connectivity index (χ1) is 14.2. The first-order valence-electron chi connectivity index (χ1n) is 10.9. The van der Waals surface area contributed by atoms with Gasteiger partial charge in [-0.25, -0.2) is 4.79 Å². The van der Waals surface area contributed by atoms with Crippen molar-refractivity contribution in [2.45, 2.75) is 62.8 Å². The molecule has 2 fully saturated rings. The minimum atomic E-state index is -0.0433. The largest absolute Gasteiger partial charge is 0.379 e. The van der Waals surface area contributed by atoms with E-state index in [4.69, 9.17) is 14.2 Å². The Morgan fingerprint density at radius 1 is 1.03 bits per heavy atom. The molecule has 0 spiro atoms. The molecule has 9 heteroatoms. The summed E-state index contributed by atoms with van der Waals surface area (Å²) in [5.74, 6) is 1.09. The Balaban J connectivity index is 1.33. The van der Waals surface area contributed by atoms with Crippen LogP contribution in [0.5, 0.6) is 0 Å². The Hall–Kier alpha value is -1.03. The highest BCUT2D eigenvalue weighted by Gasteiger charge is 2.42. The molecule has 3 atom stereocenters. The number of thioether (sulfide) groups is 1. The van der Waals surface area contributed by atoms with Crippen LogP contribution in [-0.4, -0.2) is 81.2 Å². The molecule has 0 unspecified atom stereocenters. The number of ether oxygens (including phenoxy) is 3. The van der Waals surface area contributed by atoms with Gasteiger partial charge in [-0.15, -0.1) is 0 Å². The molecule has 3 N–H and O–H groups in total. The molecule has 0 bridgehead atoms. The number of carbonyl (C=O) groups excluding carboxylic acids is 2.